The molecule has 0 radical (unpaired) electrons. The van der Waals surface area contributed by atoms with Crippen molar-refractivity contribution in [1.29, 1.82) is 0 Å². The topological polar surface area (TPSA) is 83.6 Å². The van der Waals surface area contributed by atoms with Gasteiger partial charge in [-0.1, -0.05) is 24.3 Å². The van der Waals surface area contributed by atoms with Crippen molar-refractivity contribution in [1.82, 2.24) is 9.88 Å². The van der Waals surface area contributed by atoms with Crippen LogP contribution in [0.25, 0.3) is 0 Å². The molecule has 0 saturated carbocycles. The lowest BCUT2D eigenvalue weighted by Crippen LogP contribution is -2.42. The van der Waals surface area contributed by atoms with Crippen molar-refractivity contribution in [3.63, 3.8) is 0 Å². The molecular weight excluding hydrogens is 368 g/mol. The molecule has 0 atom stereocenters. The Hall–Kier alpha value is -3.09. The number of likely N-dealkylation sites (tertiary alicyclic amines) is 1. The number of benzene rings is 1. The normalized spacial score (nSPS) is 14.3. The number of ether oxygens (including phenoxy) is 1. The highest BCUT2D eigenvalue weighted by Crippen LogP contribution is 2.17. The van der Waals surface area contributed by atoms with E-state index in [1.807, 2.05) is 50.2 Å². The van der Waals surface area contributed by atoms with Crippen LogP contribution < -0.4 is 10.6 Å². The number of hydrogen-bond acceptors (Lipinski definition) is 5. The van der Waals surface area contributed by atoms with E-state index in [4.69, 9.17) is 4.74 Å². The molecule has 29 heavy (non-hydrogen) atoms. The van der Waals surface area contributed by atoms with Crippen molar-refractivity contribution >= 4 is 23.5 Å². The molecule has 2 amide bonds. The summed E-state index contributed by atoms with van der Waals surface area (Å²) >= 11 is 0. The molecule has 0 unspecified atom stereocenters. The summed E-state index contributed by atoms with van der Waals surface area (Å²) in [7, 11) is 0. The number of aromatic nitrogens is 1. The second kappa shape index (κ2) is 9.91. The first-order valence-electron chi connectivity index (χ1n) is 10.0. The number of carbonyl (C=O) groups is 2. The highest BCUT2D eigenvalue weighted by atomic mass is 16.6. The molecule has 0 bridgehead atoms. The molecule has 1 aromatic carbocycles. The van der Waals surface area contributed by atoms with E-state index >= 15 is 0 Å². The molecule has 7 heteroatoms. The first kappa shape index (κ1) is 20.6. The third-order valence-electron chi connectivity index (χ3n) is 5.03. The van der Waals surface area contributed by atoms with Crippen LogP contribution in [0.1, 0.15) is 30.9 Å². The number of anilines is 2. The summed E-state index contributed by atoms with van der Waals surface area (Å²) in [6.45, 7) is 5.55. The van der Waals surface area contributed by atoms with Crippen molar-refractivity contribution in [2.24, 2.45) is 0 Å². The van der Waals surface area contributed by atoms with Crippen LogP contribution in [0.2, 0.25) is 0 Å². The summed E-state index contributed by atoms with van der Waals surface area (Å²) in [5, 5.41) is 6.29. The minimum Gasteiger partial charge on any atom is -0.450 e. The van der Waals surface area contributed by atoms with Gasteiger partial charge in [0, 0.05) is 19.1 Å². The Morgan fingerprint density at radius 2 is 1.93 bits per heavy atom. The van der Waals surface area contributed by atoms with E-state index in [-0.39, 0.29) is 18.0 Å². The predicted molar refractivity (Wildman–Crippen MR) is 113 cm³/mol. The van der Waals surface area contributed by atoms with Gasteiger partial charge in [0.05, 0.1) is 24.9 Å². The number of nitrogens with zero attached hydrogens (tertiary/aromatic N) is 2. The third kappa shape index (κ3) is 5.94. The molecular formula is C22H28N4O3. The van der Waals surface area contributed by atoms with Gasteiger partial charge in [0.2, 0.25) is 5.91 Å². The zero-order valence-corrected chi connectivity index (χ0v) is 17.0. The molecule has 3 rings (SSSR count). The first-order valence-corrected chi connectivity index (χ1v) is 10.0. The first-order chi connectivity index (χ1) is 14.0. The molecule has 2 N–H and O–H groups in total. The van der Waals surface area contributed by atoms with Gasteiger partial charge in [0.25, 0.3) is 0 Å². The molecule has 2 aromatic rings. The number of hydrogen-bond donors (Lipinski definition) is 2. The van der Waals surface area contributed by atoms with Gasteiger partial charge in [0.15, 0.2) is 0 Å². The van der Waals surface area contributed by atoms with Gasteiger partial charge in [-0.05, 0) is 49.9 Å². The van der Waals surface area contributed by atoms with Gasteiger partial charge in [-0.3, -0.25) is 4.79 Å². The van der Waals surface area contributed by atoms with Crippen molar-refractivity contribution in [2.45, 2.75) is 39.2 Å². The summed E-state index contributed by atoms with van der Waals surface area (Å²) in [6.07, 6.45) is 3.44. The average Bonchev–Trinajstić information content (AvgIpc) is 2.72. The van der Waals surface area contributed by atoms with E-state index in [1.165, 1.54) is 0 Å². The fourth-order valence-corrected chi connectivity index (χ4v) is 3.37. The van der Waals surface area contributed by atoms with Gasteiger partial charge in [-0.15, -0.1) is 0 Å². The molecule has 0 aliphatic carbocycles. The van der Waals surface area contributed by atoms with Gasteiger partial charge >= 0.3 is 6.09 Å². The number of pyridine rings is 1. The maximum Gasteiger partial charge on any atom is 0.409 e. The Bertz CT molecular complexity index is 830. The summed E-state index contributed by atoms with van der Waals surface area (Å²) in [4.78, 5) is 30.2. The minimum absolute atomic E-state index is 0.0619. The lowest BCUT2D eigenvalue weighted by molar-refractivity contribution is -0.115. The standard InChI is InChI=1S/C22H28N4O3/c1-3-29-22(28)26-12-10-18(11-13-26)24-20-9-8-19(15-23-20)25-21(27)14-17-7-5-4-6-16(17)2/h4-9,15,18H,3,10-14H2,1-2H3,(H,23,24)(H,25,27). The van der Waals surface area contributed by atoms with Crippen LogP contribution in [-0.2, 0) is 16.0 Å². The zero-order valence-electron chi connectivity index (χ0n) is 17.0. The van der Waals surface area contributed by atoms with Crippen molar-refractivity contribution in [2.75, 3.05) is 30.3 Å². The monoisotopic (exact) mass is 396 g/mol. The fourth-order valence-electron chi connectivity index (χ4n) is 3.37. The molecule has 2 heterocycles. The largest absolute Gasteiger partial charge is 0.450 e. The van der Waals surface area contributed by atoms with Crippen LogP contribution in [0.3, 0.4) is 0 Å². The van der Waals surface area contributed by atoms with Crippen molar-refractivity contribution in [3.05, 3.63) is 53.7 Å². The van der Waals surface area contributed by atoms with Crippen LogP contribution in [-0.4, -0.2) is 47.6 Å². The Labute approximate surface area is 171 Å². The Balaban J connectivity index is 1.46. The number of rotatable bonds is 6. The second-order valence-electron chi connectivity index (χ2n) is 7.19. The van der Waals surface area contributed by atoms with E-state index in [2.05, 4.69) is 15.6 Å². The van der Waals surface area contributed by atoms with Gasteiger partial charge in [-0.2, -0.15) is 0 Å². The Morgan fingerprint density at radius 1 is 1.17 bits per heavy atom. The number of aryl methyl sites for hydroxylation is 1. The Morgan fingerprint density at radius 3 is 2.59 bits per heavy atom. The van der Waals surface area contributed by atoms with Crippen LogP contribution >= 0.6 is 0 Å². The van der Waals surface area contributed by atoms with Gasteiger partial charge in [-0.25, -0.2) is 9.78 Å². The lowest BCUT2D eigenvalue weighted by atomic mass is 10.1. The highest BCUT2D eigenvalue weighted by molar-refractivity contribution is 5.92. The predicted octanol–water partition coefficient (Wildman–Crippen LogP) is 3.60. The van der Waals surface area contributed by atoms with E-state index < -0.39 is 0 Å². The smallest absolute Gasteiger partial charge is 0.409 e. The average molecular weight is 396 g/mol. The molecule has 1 aliphatic heterocycles. The molecule has 0 spiro atoms. The Kier molecular flexibility index (Phi) is 7.05. The number of piperidine rings is 1. The number of nitrogens with one attached hydrogen (secondary N) is 2. The number of carbonyl (C=O) groups excluding carboxylic acids is 2. The van der Waals surface area contributed by atoms with Gasteiger partial charge < -0.3 is 20.3 Å². The van der Waals surface area contributed by atoms with Crippen LogP contribution in [0.5, 0.6) is 0 Å². The molecule has 1 aliphatic rings. The lowest BCUT2D eigenvalue weighted by Gasteiger charge is -2.31. The van der Waals surface area contributed by atoms with E-state index in [0.29, 0.717) is 31.8 Å². The summed E-state index contributed by atoms with van der Waals surface area (Å²) in [5.41, 5.74) is 2.80. The molecule has 1 saturated heterocycles. The third-order valence-corrected chi connectivity index (χ3v) is 5.03. The van der Waals surface area contributed by atoms with Gasteiger partial charge in [0.1, 0.15) is 5.82 Å². The second-order valence-corrected chi connectivity index (χ2v) is 7.19. The molecule has 1 fully saturated rings. The van der Waals surface area contributed by atoms with E-state index in [0.717, 1.165) is 29.8 Å². The highest BCUT2D eigenvalue weighted by Gasteiger charge is 2.23. The van der Waals surface area contributed by atoms with Crippen LogP contribution in [0.15, 0.2) is 42.6 Å². The van der Waals surface area contributed by atoms with Crippen molar-refractivity contribution < 1.29 is 14.3 Å². The minimum atomic E-state index is -0.241. The fraction of sp³-hybridized carbons (Fsp3) is 0.409. The van der Waals surface area contributed by atoms with E-state index in [1.54, 1.807) is 11.1 Å². The van der Waals surface area contributed by atoms with Crippen LogP contribution in [0.4, 0.5) is 16.3 Å². The van der Waals surface area contributed by atoms with Crippen LogP contribution in [0, 0.1) is 6.92 Å². The molecule has 7 nitrogen and oxygen atoms in total. The summed E-state index contributed by atoms with van der Waals surface area (Å²) in [6, 6.07) is 11.8. The SMILES string of the molecule is CCOC(=O)N1CCC(Nc2ccc(NC(=O)Cc3ccccc3C)cn2)CC1. The quantitative estimate of drug-likeness (QED) is 0.779. The summed E-state index contributed by atoms with van der Waals surface area (Å²) < 4.78 is 5.04. The van der Waals surface area contributed by atoms with E-state index in [9.17, 15) is 9.59 Å². The summed E-state index contributed by atoms with van der Waals surface area (Å²) in [5.74, 6) is 0.699. The molecule has 1 aromatic heterocycles. The molecule has 154 valence electrons. The maximum absolute atomic E-state index is 12.3. The maximum atomic E-state index is 12.3. The van der Waals surface area contributed by atoms with Crippen molar-refractivity contribution in [3.8, 4) is 0 Å². The number of amides is 2. The zero-order chi connectivity index (χ0) is 20.6.